The van der Waals surface area contributed by atoms with Gasteiger partial charge in [-0.25, -0.2) is 4.98 Å². The predicted molar refractivity (Wildman–Crippen MR) is 393 cm³/mol. The number of hydrogen-bond acceptors (Lipinski definition) is 5. The van der Waals surface area contributed by atoms with Gasteiger partial charge in [0.15, 0.2) is 0 Å². The molecule has 16 rings (SSSR count). The molecule has 0 fully saturated rings. The fraction of sp³-hybridized carbons (Fsp3) is 0.191. The number of aromatic nitrogens is 2. The number of anilines is 4. The van der Waals surface area contributed by atoms with Gasteiger partial charge in [-0.1, -0.05) is 252 Å². The van der Waals surface area contributed by atoms with Gasteiger partial charge in [-0.2, -0.15) is 12.1 Å². The van der Waals surface area contributed by atoms with E-state index in [-0.39, 0.29) is 42.7 Å². The summed E-state index contributed by atoms with van der Waals surface area (Å²) >= 11 is 0. The van der Waals surface area contributed by atoms with Crippen molar-refractivity contribution in [2.24, 2.45) is 0 Å². The Hall–Kier alpha value is -9.74. The van der Waals surface area contributed by atoms with Crippen LogP contribution in [0, 0.1) is 18.8 Å². The summed E-state index contributed by atoms with van der Waals surface area (Å²) in [5, 5.41) is 2.19. The van der Waals surface area contributed by atoms with Crippen LogP contribution in [0.3, 0.4) is 0 Å². The summed E-state index contributed by atoms with van der Waals surface area (Å²) in [5.74, 6) is 3.74. The molecule has 0 unspecified atom stereocenters. The minimum Gasteiger partial charge on any atom is -0.509 e. The smallest absolute Gasteiger partial charge is 0.135 e. The minimum absolute atomic E-state index is 0. The van der Waals surface area contributed by atoms with Crippen molar-refractivity contribution in [2.45, 2.75) is 110 Å². The third-order valence-electron chi connectivity index (χ3n) is 19.8. The van der Waals surface area contributed by atoms with Gasteiger partial charge in [0.05, 0.1) is 5.41 Å². The summed E-state index contributed by atoms with van der Waals surface area (Å²) in [4.78, 5) is 9.92. The van der Waals surface area contributed by atoms with Crippen LogP contribution < -0.4 is 19.3 Å². The van der Waals surface area contributed by atoms with Gasteiger partial charge in [0.1, 0.15) is 17.3 Å². The molecule has 11 aromatic carbocycles. The van der Waals surface area contributed by atoms with Crippen LogP contribution in [0.15, 0.2) is 243 Å². The molecule has 3 aliphatic rings. The van der Waals surface area contributed by atoms with Crippen molar-refractivity contribution >= 4 is 44.6 Å². The number of rotatable bonds is 8. The maximum atomic E-state index is 6.93. The van der Waals surface area contributed by atoms with Gasteiger partial charge < -0.3 is 23.8 Å². The summed E-state index contributed by atoms with van der Waals surface area (Å²) in [6.45, 7) is 29.8. The Morgan fingerprint density at radius 1 is 0.417 bits per heavy atom. The Kier molecular flexibility index (Phi) is 14.9. The zero-order valence-corrected chi connectivity index (χ0v) is 58.9. The third-order valence-corrected chi connectivity index (χ3v) is 19.8. The number of para-hydroxylation sites is 6. The van der Waals surface area contributed by atoms with Gasteiger partial charge in [0, 0.05) is 89.2 Å². The Balaban J connectivity index is 0.00000756. The van der Waals surface area contributed by atoms with Crippen molar-refractivity contribution in [3.63, 3.8) is 0 Å². The largest absolute Gasteiger partial charge is 0.509 e. The van der Waals surface area contributed by atoms with Gasteiger partial charge in [-0.3, -0.25) is 0 Å². The van der Waals surface area contributed by atoms with Crippen LogP contribution >= 0.6 is 0 Å². The number of ether oxygens (including phenoxy) is 2. The third kappa shape index (κ3) is 10.3. The Morgan fingerprint density at radius 2 is 0.979 bits per heavy atom. The van der Waals surface area contributed by atoms with E-state index >= 15 is 0 Å². The van der Waals surface area contributed by atoms with E-state index in [9.17, 15) is 0 Å². The SMILES string of the molecule is CC(C)(C)c1ccc(-c2cnc(-n3c4[c-]c(Oc5[c-]c(N6[CH-]N(c7c(-c8cc(C(C)(C)C)cc(C(C)(C)C)c8)cccc7-c7ccc8c(c7)-c7ccccc7C87c8ccccc8Oc8ccccc87)c7ccccc76)ccc5)ccc4c4ccccc43)cc2C(C)(C)C)cc1.[Pt]. The molecule has 7 heteroatoms. The van der Waals surface area contributed by atoms with Crippen LogP contribution in [0.5, 0.6) is 23.0 Å². The van der Waals surface area contributed by atoms with Gasteiger partial charge in [0.25, 0.3) is 0 Å². The number of pyridine rings is 1. The molecule has 0 atom stereocenters. The average molecular weight is 1430 g/mol. The number of fused-ring (bicyclic) bond motifs is 13. The molecule has 478 valence electrons. The van der Waals surface area contributed by atoms with E-state index < -0.39 is 5.41 Å². The quantitative estimate of drug-likeness (QED) is 0.142. The summed E-state index contributed by atoms with van der Waals surface area (Å²) in [6.07, 6.45) is 2.05. The van der Waals surface area contributed by atoms with E-state index in [4.69, 9.17) is 14.5 Å². The van der Waals surface area contributed by atoms with Crippen molar-refractivity contribution in [3.8, 4) is 73.3 Å². The Bertz CT molecular complexity index is 5160. The van der Waals surface area contributed by atoms with Crippen LogP contribution in [0.1, 0.15) is 128 Å². The first kappa shape index (κ1) is 62.4. The maximum absolute atomic E-state index is 6.93. The van der Waals surface area contributed by atoms with Crippen molar-refractivity contribution in [1.29, 1.82) is 0 Å². The van der Waals surface area contributed by atoms with E-state index in [1.165, 1.54) is 50.1 Å². The van der Waals surface area contributed by atoms with Crippen molar-refractivity contribution in [1.82, 2.24) is 9.55 Å². The molecule has 0 amide bonds. The second-order valence-electron chi connectivity index (χ2n) is 30.1. The zero-order valence-electron chi connectivity index (χ0n) is 56.6. The molecule has 4 heterocycles. The maximum Gasteiger partial charge on any atom is 0.135 e. The number of hydrogen-bond donors (Lipinski definition) is 0. The van der Waals surface area contributed by atoms with Gasteiger partial charge >= 0.3 is 0 Å². The molecular weight excluding hydrogens is 1350 g/mol. The number of nitrogens with zero attached hydrogens (tertiary/aromatic N) is 4. The van der Waals surface area contributed by atoms with Crippen molar-refractivity contribution in [3.05, 3.63) is 306 Å². The normalized spacial score (nSPS) is 13.8. The second-order valence-corrected chi connectivity index (χ2v) is 30.1. The van der Waals surface area contributed by atoms with E-state index in [1.54, 1.807) is 0 Å². The first-order valence-electron chi connectivity index (χ1n) is 33.3. The molecule has 13 aromatic rings. The summed E-state index contributed by atoms with van der Waals surface area (Å²) in [7, 11) is 0. The van der Waals surface area contributed by atoms with Gasteiger partial charge in [0.2, 0.25) is 0 Å². The summed E-state index contributed by atoms with van der Waals surface area (Å²) in [6, 6.07) is 93.8. The van der Waals surface area contributed by atoms with Crippen LogP contribution in [-0.2, 0) is 48.1 Å². The van der Waals surface area contributed by atoms with Crippen LogP contribution in [-0.4, -0.2) is 9.55 Å². The van der Waals surface area contributed by atoms with Gasteiger partial charge in [-0.15, -0.1) is 48.1 Å². The molecule has 0 saturated carbocycles. The number of benzene rings is 11. The fourth-order valence-corrected chi connectivity index (χ4v) is 14.9. The molecule has 0 radical (unpaired) electrons. The molecular formula is C89H77N4O2Pt-3. The molecule has 2 aromatic heterocycles. The minimum atomic E-state index is -0.583. The van der Waals surface area contributed by atoms with E-state index in [0.29, 0.717) is 11.5 Å². The molecule has 2 aliphatic heterocycles. The predicted octanol–water partition coefficient (Wildman–Crippen LogP) is 23.6. The Morgan fingerprint density at radius 3 is 1.66 bits per heavy atom. The molecule has 0 N–H and O–H groups in total. The molecule has 1 spiro atoms. The first-order valence-corrected chi connectivity index (χ1v) is 33.3. The van der Waals surface area contributed by atoms with Gasteiger partial charge in [-0.05, 0) is 131 Å². The van der Waals surface area contributed by atoms with E-state index in [1.807, 2.05) is 12.1 Å². The van der Waals surface area contributed by atoms with Crippen molar-refractivity contribution < 1.29 is 30.5 Å². The van der Waals surface area contributed by atoms with E-state index in [2.05, 4.69) is 347 Å². The molecule has 1 aliphatic carbocycles. The average Bonchev–Trinajstić information content (AvgIpc) is 1.50. The standard InChI is InChI=1S/C89H77N4O2.Pt/c1-85(2,3)59-42-39-56(40-43-59)71-54-90-83(53-76(71)88(10,11)12)93-77-34-18-14-28-68(77)69-45-44-64(52-80(69)93)94-63-26-23-25-62(51-63)91-55-92(79-36-20-19-35-78(79)91)84-65(29-24-30-66(84)58-47-60(86(4,5)6)50-61(48-58)87(7,8)9)57-41-46-73-70(49-57)67-27-13-15-31-72(67)89(73)74-32-16-21-37-81(74)95-82-38-22-17-33-75(82)89;/h13-50,53-55H,1-12H3;/q-3;. The Labute approximate surface area is 580 Å². The van der Waals surface area contributed by atoms with Crippen LogP contribution in [0.2, 0.25) is 0 Å². The monoisotopic (exact) mass is 1430 g/mol. The summed E-state index contributed by atoms with van der Waals surface area (Å²) < 4.78 is 15.9. The topological polar surface area (TPSA) is 42.8 Å². The summed E-state index contributed by atoms with van der Waals surface area (Å²) in [5.41, 5.74) is 24.2. The van der Waals surface area contributed by atoms with E-state index in [0.717, 1.165) is 101 Å². The molecule has 6 nitrogen and oxygen atoms in total. The molecule has 96 heavy (non-hydrogen) atoms. The first-order chi connectivity index (χ1) is 45.6. The fourth-order valence-electron chi connectivity index (χ4n) is 14.9. The van der Waals surface area contributed by atoms with Crippen molar-refractivity contribution in [2.75, 3.05) is 9.80 Å². The second kappa shape index (κ2) is 23.0. The van der Waals surface area contributed by atoms with Crippen LogP contribution in [0.4, 0.5) is 22.7 Å². The molecule has 0 bridgehead atoms. The van der Waals surface area contributed by atoms with Crippen LogP contribution in [0.25, 0.3) is 72.1 Å². The zero-order chi connectivity index (χ0) is 65.5. The molecule has 0 saturated heterocycles.